The van der Waals surface area contributed by atoms with E-state index in [1.807, 2.05) is 48.5 Å². The summed E-state index contributed by atoms with van der Waals surface area (Å²) in [6.45, 7) is 1.65. The van der Waals surface area contributed by atoms with Gasteiger partial charge in [0.1, 0.15) is 5.75 Å². The van der Waals surface area contributed by atoms with Gasteiger partial charge in [-0.15, -0.1) is 0 Å². The Kier molecular flexibility index (Phi) is 7.03. The molecule has 1 unspecified atom stereocenters. The fourth-order valence-corrected chi connectivity index (χ4v) is 5.27. The number of aromatic nitrogens is 1. The summed E-state index contributed by atoms with van der Waals surface area (Å²) in [4.78, 5) is 31.2. The third-order valence-electron chi connectivity index (χ3n) is 7.19. The molecule has 5 rings (SSSR count). The highest BCUT2D eigenvalue weighted by Gasteiger charge is 2.29. The van der Waals surface area contributed by atoms with E-state index in [0.29, 0.717) is 5.56 Å². The monoisotopic (exact) mass is 484 g/mol. The van der Waals surface area contributed by atoms with Crippen LogP contribution in [0.1, 0.15) is 72.6 Å². The first-order chi connectivity index (χ1) is 17.5. The van der Waals surface area contributed by atoms with Crippen LogP contribution in [0.3, 0.4) is 0 Å². The molecule has 1 N–H and O–H groups in total. The summed E-state index contributed by atoms with van der Waals surface area (Å²) in [5.41, 5.74) is 5.15. The molecule has 0 saturated heterocycles. The zero-order valence-corrected chi connectivity index (χ0v) is 20.9. The lowest BCUT2D eigenvalue weighted by molar-refractivity contribution is -0.129. The minimum atomic E-state index is -0.862. The van der Waals surface area contributed by atoms with Crippen LogP contribution in [0.4, 0.5) is 0 Å². The van der Waals surface area contributed by atoms with Gasteiger partial charge in [-0.25, -0.2) is 9.78 Å². The number of nitrogens with zero attached hydrogens (tertiary/aromatic N) is 1. The van der Waals surface area contributed by atoms with Crippen LogP contribution in [0.15, 0.2) is 48.5 Å². The number of methoxy groups -OCH3 is 1. The molecule has 0 bridgehead atoms. The van der Waals surface area contributed by atoms with Crippen LogP contribution in [-0.4, -0.2) is 36.1 Å². The van der Waals surface area contributed by atoms with Crippen molar-refractivity contribution in [2.45, 2.75) is 64.0 Å². The number of carbonyl (C=O) groups excluding carboxylic acids is 2. The van der Waals surface area contributed by atoms with E-state index >= 15 is 0 Å². The molecule has 1 atom stereocenters. The predicted octanol–water partition coefficient (Wildman–Crippen LogP) is 5.72. The Bertz CT molecular complexity index is 1310. The summed E-state index contributed by atoms with van der Waals surface area (Å²) in [5.74, 6) is 0.105. The van der Waals surface area contributed by atoms with E-state index < -0.39 is 12.1 Å². The minimum Gasteiger partial charge on any atom is -0.497 e. The molecule has 0 aliphatic heterocycles. The van der Waals surface area contributed by atoms with Crippen molar-refractivity contribution in [1.82, 2.24) is 10.3 Å². The Labute approximate surface area is 211 Å². The van der Waals surface area contributed by atoms with Crippen LogP contribution in [-0.2, 0) is 16.0 Å². The maximum absolute atomic E-state index is 13.6. The standard InChI is InChI=1S/C30H32N2O4/c1-19(29(33)31-22-9-3-4-10-22)36-30(34)27-24-11-5-6-13-26(24)32-28-21(8-7-12-25(27)28)18-20-14-16-23(35-2)17-15-20/h5-6,11,13-19,22H,3-4,7-10,12H2,1-2H3,(H,31,33). The lowest BCUT2D eigenvalue weighted by Crippen LogP contribution is -2.41. The second-order valence-corrected chi connectivity index (χ2v) is 9.66. The predicted molar refractivity (Wildman–Crippen MR) is 141 cm³/mol. The summed E-state index contributed by atoms with van der Waals surface area (Å²) in [7, 11) is 1.65. The second-order valence-electron chi connectivity index (χ2n) is 9.66. The van der Waals surface area contributed by atoms with Gasteiger partial charge in [0.25, 0.3) is 5.91 Å². The first-order valence-corrected chi connectivity index (χ1v) is 12.8. The Hall–Kier alpha value is -3.67. The van der Waals surface area contributed by atoms with E-state index in [1.54, 1.807) is 14.0 Å². The van der Waals surface area contributed by atoms with Crippen molar-refractivity contribution in [2.75, 3.05) is 7.11 Å². The molecule has 1 amide bonds. The fourth-order valence-electron chi connectivity index (χ4n) is 5.27. The average molecular weight is 485 g/mol. The molecule has 0 radical (unpaired) electrons. The topological polar surface area (TPSA) is 77.5 Å². The largest absolute Gasteiger partial charge is 0.497 e. The van der Waals surface area contributed by atoms with E-state index in [2.05, 4.69) is 11.4 Å². The maximum Gasteiger partial charge on any atom is 0.339 e. The number of fused-ring (bicyclic) bond motifs is 2. The first kappa shape index (κ1) is 24.0. The fraction of sp³-hybridized carbons (Fsp3) is 0.367. The van der Waals surface area contributed by atoms with Crippen molar-refractivity contribution in [1.29, 1.82) is 0 Å². The number of carbonyl (C=O) groups is 2. The van der Waals surface area contributed by atoms with Gasteiger partial charge in [0.2, 0.25) is 0 Å². The summed E-state index contributed by atoms with van der Waals surface area (Å²) >= 11 is 0. The highest BCUT2D eigenvalue weighted by Crippen LogP contribution is 2.36. The van der Waals surface area contributed by atoms with Crippen LogP contribution in [0.25, 0.3) is 22.6 Å². The third kappa shape index (κ3) is 4.99. The Morgan fingerprint density at radius 2 is 1.78 bits per heavy atom. The maximum atomic E-state index is 13.6. The molecule has 2 aliphatic carbocycles. The van der Waals surface area contributed by atoms with E-state index in [-0.39, 0.29) is 11.9 Å². The zero-order valence-electron chi connectivity index (χ0n) is 20.9. The number of amides is 1. The van der Waals surface area contributed by atoms with Crippen molar-refractivity contribution < 1.29 is 19.1 Å². The number of para-hydroxylation sites is 1. The molecule has 186 valence electrons. The lowest BCUT2D eigenvalue weighted by atomic mass is 9.86. The summed E-state index contributed by atoms with van der Waals surface area (Å²) in [6, 6.07) is 15.7. The molecule has 6 nitrogen and oxygen atoms in total. The number of ether oxygens (including phenoxy) is 2. The van der Waals surface area contributed by atoms with Gasteiger partial charge in [-0.05, 0) is 80.0 Å². The van der Waals surface area contributed by atoms with Gasteiger partial charge in [0.15, 0.2) is 6.10 Å². The van der Waals surface area contributed by atoms with Crippen LogP contribution < -0.4 is 10.1 Å². The van der Waals surface area contributed by atoms with Crippen LogP contribution in [0.2, 0.25) is 0 Å². The SMILES string of the molecule is COc1ccc(C=C2CCCc3c2nc2ccccc2c3C(=O)OC(C)C(=O)NC2CCCC2)cc1. The van der Waals surface area contributed by atoms with Crippen molar-refractivity contribution in [3.63, 3.8) is 0 Å². The summed E-state index contributed by atoms with van der Waals surface area (Å²) in [5, 5.41) is 3.79. The molecule has 0 spiro atoms. The highest BCUT2D eigenvalue weighted by atomic mass is 16.5. The molecule has 1 saturated carbocycles. The van der Waals surface area contributed by atoms with E-state index in [0.717, 1.165) is 84.0 Å². The third-order valence-corrected chi connectivity index (χ3v) is 7.19. The van der Waals surface area contributed by atoms with Crippen molar-refractivity contribution in [3.05, 3.63) is 70.9 Å². The number of benzene rings is 2. The van der Waals surface area contributed by atoms with Crippen LogP contribution in [0, 0.1) is 0 Å². The number of hydrogen-bond donors (Lipinski definition) is 1. The Balaban J connectivity index is 1.49. The van der Waals surface area contributed by atoms with E-state index in [1.165, 1.54) is 0 Å². The molecule has 1 heterocycles. The molecule has 1 aromatic heterocycles. The summed E-state index contributed by atoms with van der Waals surface area (Å²) < 4.78 is 11.0. The first-order valence-electron chi connectivity index (χ1n) is 12.8. The number of hydrogen-bond acceptors (Lipinski definition) is 5. The van der Waals surface area contributed by atoms with E-state index in [9.17, 15) is 9.59 Å². The molecular weight excluding hydrogens is 452 g/mol. The molecular formula is C30H32N2O4. The number of nitrogens with one attached hydrogen (secondary N) is 1. The van der Waals surface area contributed by atoms with Gasteiger partial charge in [0.05, 0.1) is 23.9 Å². The van der Waals surface area contributed by atoms with Crippen LogP contribution in [0.5, 0.6) is 5.75 Å². The molecule has 3 aromatic rings. The molecule has 2 aromatic carbocycles. The molecule has 6 heteroatoms. The number of pyridine rings is 1. The minimum absolute atomic E-state index is 0.179. The number of rotatable bonds is 6. The lowest BCUT2D eigenvalue weighted by Gasteiger charge is -2.23. The van der Waals surface area contributed by atoms with Gasteiger partial charge in [0, 0.05) is 11.4 Å². The van der Waals surface area contributed by atoms with Crippen molar-refractivity contribution in [2.24, 2.45) is 0 Å². The molecule has 2 aliphatic rings. The van der Waals surface area contributed by atoms with Gasteiger partial charge >= 0.3 is 5.97 Å². The van der Waals surface area contributed by atoms with Crippen molar-refractivity contribution >= 4 is 34.4 Å². The van der Waals surface area contributed by atoms with Gasteiger partial charge in [-0.2, -0.15) is 0 Å². The Morgan fingerprint density at radius 1 is 1.03 bits per heavy atom. The summed E-state index contributed by atoms with van der Waals surface area (Å²) in [6.07, 6.45) is 8.01. The van der Waals surface area contributed by atoms with Gasteiger partial charge in [-0.3, -0.25) is 4.79 Å². The number of esters is 1. The normalized spacial score (nSPS) is 17.6. The van der Waals surface area contributed by atoms with Gasteiger partial charge < -0.3 is 14.8 Å². The average Bonchev–Trinajstić information content (AvgIpc) is 3.41. The van der Waals surface area contributed by atoms with Crippen molar-refractivity contribution in [3.8, 4) is 5.75 Å². The number of allylic oxidation sites excluding steroid dienone is 1. The Morgan fingerprint density at radius 3 is 2.53 bits per heavy atom. The van der Waals surface area contributed by atoms with Crippen LogP contribution >= 0.6 is 0 Å². The highest BCUT2D eigenvalue weighted by molar-refractivity contribution is 6.07. The van der Waals surface area contributed by atoms with E-state index in [4.69, 9.17) is 14.5 Å². The smallest absolute Gasteiger partial charge is 0.339 e. The zero-order chi connectivity index (χ0) is 25.1. The quantitative estimate of drug-likeness (QED) is 0.453. The van der Waals surface area contributed by atoms with Gasteiger partial charge in [-0.1, -0.05) is 43.2 Å². The molecule has 1 fully saturated rings. The molecule has 36 heavy (non-hydrogen) atoms. The second kappa shape index (κ2) is 10.5.